The zero-order valence-electron chi connectivity index (χ0n) is 14.5. The summed E-state index contributed by atoms with van der Waals surface area (Å²) >= 11 is 2.91. The number of aryl methyl sites for hydroxylation is 1. The van der Waals surface area contributed by atoms with Gasteiger partial charge in [0.2, 0.25) is 0 Å². The maximum absolute atomic E-state index is 11.6. The zero-order chi connectivity index (χ0) is 16.8. The molecule has 0 unspecified atom stereocenters. The Labute approximate surface area is 148 Å². The van der Waals surface area contributed by atoms with Crippen LogP contribution in [0, 0.1) is 6.92 Å². The van der Waals surface area contributed by atoms with Gasteiger partial charge >= 0.3 is 5.97 Å². The summed E-state index contributed by atoms with van der Waals surface area (Å²) in [4.78, 5) is 11.6. The second-order valence-corrected chi connectivity index (χ2v) is 8.18. The molecule has 6 heteroatoms. The highest BCUT2D eigenvalue weighted by molar-refractivity contribution is 8.01. The predicted molar refractivity (Wildman–Crippen MR) is 98.2 cm³/mol. The van der Waals surface area contributed by atoms with Crippen molar-refractivity contribution in [2.75, 3.05) is 12.4 Å². The van der Waals surface area contributed by atoms with Crippen LogP contribution >= 0.6 is 23.1 Å². The Morgan fingerprint density at radius 3 is 2.17 bits per heavy atom. The fourth-order valence-corrected chi connectivity index (χ4v) is 3.89. The molecule has 1 heterocycles. The van der Waals surface area contributed by atoms with Crippen molar-refractivity contribution >= 4 is 29.1 Å². The van der Waals surface area contributed by atoms with Gasteiger partial charge in [-0.05, 0) is 13.3 Å². The van der Waals surface area contributed by atoms with Crippen molar-refractivity contribution in [2.45, 2.75) is 82.4 Å². The van der Waals surface area contributed by atoms with Gasteiger partial charge in [-0.2, -0.15) is 0 Å². The van der Waals surface area contributed by atoms with Gasteiger partial charge in [0.1, 0.15) is 5.01 Å². The van der Waals surface area contributed by atoms with Crippen LogP contribution in [0.4, 0.5) is 0 Å². The van der Waals surface area contributed by atoms with E-state index in [1.807, 2.05) is 6.92 Å². The Morgan fingerprint density at radius 2 is 1.61 bits per heavy atom. The molecular weight excluding hydrogens is 328 g/mol. The molecule has 4 nitrogen and oxygen atoms in total. The van der Waals surface area contributed by atoms with E-state index in [0.717, 1.165) is 22.2 Å². The van der Waals surface area contributed by atoms with Gasteiger partial charge in [0, 0.05) is 0 Å². The molecular formula is C17H30N2O2S2. The summed E-state index contributed by atoms with van der Waals surface area (Å²) in [5.74, 6) is 0.172. The molecule has 0 saturated carbocycles. The molecule has 0 aromatic carbocycles. The van der Waals surface area contributed by atoms with E-state index >= 15 is 0 Å². The lowest BCUT2D eigenvalue weighted by molar-refractivity contribution is -0.140. The normalized spacial score (nSPS) is 10.9. The van der Waals surface area contributed by atoms with Gasteiger partial charge in [-0.3, -0.25) is 4.79 Å². The second kappa shape index (κ2) is 13.8. The van der Waals surface area contributed by atoms with E-state index in [1.165, 1.54) is 74.5 Å². The van der Waals surface area contributed by atoms with Crippen molar-refractivity contribution in [3.63, 3.8) is 0 Å². The van der Waals surface area contributed by atoms with Crippen LogP contribution in [-0.4, -0.2) is 28.5 Å². The Bertz CT molecular complexity index is 424. The van der Waals surface area contributed by atoms with Gasteiger partial charge in [0.25, 0.3) is 0 Å². The third kappa shape index (κ3) is 11.5. The van der Waals surface area contributed by atoms with Crippen LogP contribution < -0.4 is 0 Å². The minimum Gasteiger partial charge on any atom is -0.465 e. The van der Waals surface area contributed by atoms with Crippen LogP contribution in [0.1, 0.15) is 76.1 Å². The lowest BCUT2D eigenvalue weighted by atomic mass is 10.1. The molecule has 1 rings (SSSR count). The number of carbonyl (C=O) groups excluding carboxylic acids is 1. The Morgan fingerprint density at radius 1 is 1.00 bits per heavy atom. The molecule has 0 N–H and O–H groups in total. The lowest BCUT2D eigenvalue weighted by Gasteiger charge is -2.04. The van der Waals surface area contributed by atoms with Crippen LogP contribution in [-0.2, 0) is 9.53 Å². The first-order chi connectivity index (χ1) is 11.2. The second-order valence-electron chi connectivity index (χ2n) is 5.78. The highest BCUT2D eigenvalue weighted by Gasteiger charge is 2.07. The van der Waals surface area contributed by atoms with Crippen molar-refractivity contribution in [1.82, 2.24) is 10.2 Å². The Hall–Kier alpha value is -0.620. The SMILES string of the molecule is CCCCCCCCCCCCOC(=O)CSc1nnc(C)s1. The molecule has 1 aromatic heterocycles. The third-order valence-corrected chi connectivity index (χ3v) is 5.53. The van der Waals surface area contributed by atoms with E-state index in [4.69, 9.17) is 4.74 Å². The van der Waals surface area contributed by atoms with Crippen LogP contribution in [0.15, 0.2) is 4.34 Å². The molecule has 0 spiro atoms. The van der Waals surface area contributed by atoms with Crippen molar-refractivity contribution in [3.05, 3.63) is 5.01 Å². The molecule has 132 valence electrons. The summed E-state index contributed by atoms with van der Waals surface area (Å²) < 4.78 is 6.07. The van der Waals surface area contributed by atoms with E-state index < -0.39 is 0 Å². The maximum Gasteiger partial charge on any atom is 0.316 e. The third-order valence-electron chi connectivity index (χ3n) is 3.58. The fraction of sp³-hybridized carbons (Fsp3) is 0.824. The number of hydrogen-bond donors (Lipinski definition) is 0. The number of carbonyl (C=O) groups is 1. The molecule has 0 aliphatic rings. The van der Waals surface area contributed by atoms with Gasteiger partial charge < -0.3 is 4.74 Å². The van der Waals surface area contributed by atoms with Gasteiger partial charge in [-0.25, -0.2) is 0 Å². The van der Waals surface area contributed by atoms with Crippen molar-refractivity contribution in [3.8, 4) is 0 Å². The Kier molecular flexibility index (Phi) is 12.2. The number of hydrogen-bond acceptors (Lipinski definition) is 6. The lowest BCUT2D eigenvalue weighted by Crippen LogP contribution is -2.08. The standard InChI is InChI=1S/C17H30N2O2S2/c1-3-4-5-6-7-8-9-10-11-12-13-21-16(20)14-22-17-19-18-15(2)23-17/h3-14H2,1-2H3. The molecule has 1 aromatic rings. The van der Waals surface area contributed by atoms with E-state index in [9.17, 15) is 4.79 Å². The van der Waals surface area contributed by atoms with Crippen LogP contribution in [0.25, 0.3) is 0 Å². The van der Waals surface area contributed by atoms with E-state index in [1.54, 1.807) is 0 Å². The number of aromatic nitrogens is 2. The first kappa shape index (κ1) is 20.4. The summed E-state index contributed by atoms with van der Waals surface area (Å²) in [5, 5.41) is 8.82. The summed E-state index contributed by atoms with van der Waals surface area (Å²) in [6.45, 7) is 4.71. The van der Waals surface area contributed by atoms with Crippen molar-refractivity contribution < 1.29 is 9.53 Å². The molecule has 0 amide bonds. The number of esters is 1. The number of unbranched alkanes of at least 4 members (excludes halogenated alkanes) is 9. The minimum absolute atomic E-state index is 0.154. The van der Waals surface area contributed by atoms with E-state index in [0.29, 0.717) is 12.4 Å². The fourth-order valence-electron chi connectivity index (χ4n) is 2.27. The number of thioether (sulfide) groups is 1. The topological polar surface area (TPSA) is 52.1 Å². The maximum atomic E-state index is 11.6. The monoisotopic (exact) mass is 358 g/mol. The summed E-state index contributed by atoms with van der Waals surface area (Å²) in [6.07, 6.45) is 12.9. The number of rotatable bonds is 14. The predicted octanol–water partition coefficient (Wildman–Crippen LogP) is 5.40. The van der Waals surface area contributed by atoms with Crippen molar-refractivity contribution in [1.29, 1.82) is 0 Å². The molecule has 0 atom stereocenters. The summed E-state index contributed by atoms with van der Waals surface area (Å²) in [6, 6.07) is 0. The molecule has 0 bridgehead atoms. The zero-order valence-corrected chi connectivity index (χ0v) is 16.1. The molecule has 23 heavy (non-hydrogen) atoms. The first-order valence-corrected chi connectivity index (χ1v) is 10.6. The minimum atomic E-state index is -0.154. The van der Waals surface area contributed by atoms with Crippen molar-refractivity contribution in [2.24, 2.45) is 0 Å². The molecule has 0 aliphatic heterocycles. The summed E-state index contributed by atoms with van der Waals surface area (Å²) in [5.41, 5.74) is 0. The highest BCUT2D eigenvalue weighted by atomic mass is 32.2. The first-order valence-electron chi connectivity index (χ1n) is 8.81. The number of ether oxygens (including phenoxy) is 1. The molecule has 0 aliphatic carbocycles. The van der Waals surface area contributed by atoms with Gasteiger partial charge in [-0.15, -0.1) is 10.2 Å². The van der Waals surface area contributed by atoms with Crippen LogP contribution in [0.3, 0.4) is 0 Å². The molecule has 0 fully saturated rings. The van der Waals surface area contributed by atoms with E-state index in [2.05, 4.69) is 17.1 Å². The quantitative estimate of drug-likeness (QED) is 0.253. The Balaban J connectivity index is 1.84. The average Bonchev–Trinajstić information content (AvgIpc) is 2.96. The van der Waals surface area contributed by atoms with Gasteiger partial charge in [0.15, 0.2) is 4.34 Å². The van der Waals surface area contributed by atoms with E-state index in [-0.39, 0.29) is 5.97 Å². The molecule has 0 saturated heterocycles. The van der Waals surface area contributed by atoms with Gasteiger partial charge in [-0.1, -0.05) is 87.8 Å². The van der Waals surface area contributed by atoms with Crippen LogP contribution in [0.5, 0.6) is 0 Å². The molecule has 0 radical (unpaired) electrons. The smallest absolute Gasteiger partial charge is 0.316 e. The summed E-state index contributed by atoms with van der Waals surface area (Å²) in [7, 11) is 0. The van der Waals surface area contributed by atoms with Crippen LogP contribution in [0.2, 0.25) is 0 Å². The average molecular weight is 359 g/mol. The van der Waals surface area contributed by atoms with Gasteiger partial charge in [0.05, 0.1) is 12.4 Å². The highest BCUT2D eigenvalue weighted by Crippen LogP contribution is 2.21. The number of nitrogens with zero attached hydrogens (tertiary/aromatic N) is 2. The largest absolute Gasteiger partial charge is 0.465 e.